The van der Waals surface area contributed by atoms with E-state index in [4.69, 9.17) is 0 Å². The van der Waals surface area contributed by atoms with Gasteiger partial charge >= 0.3 is 0 Å². The molecule has 2 heterocycles. The Bertz CT molecular complexity index is 516. The van der Waals surface area contributed by atoms with Crippen molar-refractivity contribution in [1.82, 2.24) is 15.5 Å². The number of hydrogen-bond acceptors (Lipinski definition) is 3. The first-order chi connectivity index (χ1) is 13.2. The maximum absolute atomic E-state index is 13.2. The van der Waals surface area contributed by atoms with Crippen molar-refractivity contribution in [3.63, 3.8) is 0 Å². The van der Waals surface area contributed by atoms with Crippen molar-refractivity contribution in [2.75, 3.05) is 13.1 Å². The molecule has 2 saturated carbocycles. The van der Waals surface area contributed by atoms with Gasteiger partial charge in [0.05, 0.1) is 0 Å². The van der Waals surface area contributed by atoms with Crippen LogP contribution in [-0.4, -0.2) is 47.9 Å². The van der Waals surface area contributed by atoms with Gasteiger partial charge in [0.15, 0.2) is 0 Å². The van der Waals surface area contributed by atoms with E-state index in [1.807, 2.05) is 0 Å². The minimum Gasteiger partial charge on any atom is -0.353 e. The van der Waals surface area contributed by atoms with Gasteiger partial charge in [-0.1, -0.05) is 19.3 Å². The number of nitrogens with one attached hydrogen (secondary N) is 2. The van der Waals surface area contributed by atoms with E-state index in [-0.39, 0.29) is 30.3 Å². The summed E-state index contributed by atoms with van der Waals surface area (Å²) in [5.41, 5.74) is 0. The summed E-state index contributed by atoms with van der Waals surface area (Å²) in [6.07, 6.45) is 14.3. The van der Waals surface area contributed by atoms with Crippen molar-refractivity contribution in [2.24, 2.45) is 11.8 Å². The molecule has 4 fully saturated rings. The van der Waals surface area contributed by atoms with E-state index in [9.17, 15) is 9.59 Å². The van der Waals surface area contributed by atoms with Gasteiger partial charge in [0.25, 0.3) is 0 Å². The van der Waals surface area contributed by atoms with Crippen LogP contribution >= 0.6 is 12.4 Å². The van der Waals surface area contributed by atoms with E-state index in [1.54, 1.807) is 0 Å². The molecule has 28 heavy (non-hydrogen) atoms. The molecule has 2 atom stereocenters. The van der Waals surface area contributed by atoms with E-state index in [2.05, 4.69) is 15.5 Å². The Balaban J connectivity index is 0.00000225. The van der Waals surface area contributed by atoms with Crippen molar-refractivity contribution in [1.29, 1.82) is 0 Å². The minimum absolute atomic E-state index is 0. The van der Waals surface area contributed by atoms with Gasteiger partial charge in [0.2, 0.25) is 11.8 Å². The van der Waals surface area contributed by atoms with Crippen molar-refractivity contribution >= 4 is 24.2 Å². The van der Waals surface area contributed by atoms with Crippen LogP contribution in [0.3, 0.4) is 0 Å². The molecule has 4 aliphatic rings. The molecule has 0 radical (unpaired) electrons. The van der Waals surface area contributed by atoms with Crippen molar-refractivity contribution in [3.05, 3.63) is 0 Å². The SMILES string of the molecule is Cl.O=C(CC1CCCCC1)NC1CCC(C(=O)N2C3CCNCC2CC3)CC1. The minimum atomic E-state index is 0. The standard InChI is InChI=1S/C22H37N3O2.ClH/c26-21(14-16-4-2-1-3-5-16)24-18-8-6-17(7-9-18)22(27)25-19-10-11-20(25)15-23-13-12-19;/h16-20,23H,1-15H2,(H,24,26);1H. The molecule has 2 unspecified atom stereocenters. The highest BCUT2D eigenvalue weighted by molar-refractivity contribution is 5.85. The van der Waals surface area contributed by atoms with Gasteiger partial charge in [-0.2, -0.15) is 0 Å². The van der Waals surface area contributed by atoms with Gasteiger partial charge in [0.1, 0.15) is 0 Å². The molecule has 160 valence electrons. The molecule has 4 rings (SSSR count). The average molecular weight is 412 g/mol. The normalized spacial score (nSPS) is 33.6. The lowest BCUT2D eigenvalue weighted by atomic mass is 9.84. The summed E-state index contributed by atoms with van der Waals surface area (Å²) >= 11 is 0. The molecule has 2 amide bonds. The van der Waals surface area contributed by atoms with E-state index in [0.29, 0.717) is 30.3 Å². The molecule has 2 N–H and O–H groups in total. The molecular formula is C22H38ClN3O2. The van der Waals surface area contributed by atoms with Gasteiger partial charge < -0.3 is 15.5 Å². The molecule has 2 bridgehead atoms. The summed E-state index contributed by atoms with van der Waals surface area (Å²) in [6.45, 7) is 2.01. The Kier molecular flexibility index (Phi) is 8.04. The van der Waals surface area contributed by atoms with Crippen molar-refractivity contribution in [3.8, 4) is 0 Å². The smallest absolute Gasteiger partial charge is 0.226 e. The first-order valence-corrected chi connectivity index (χ1v) is 11.5. The fourth-order valence-corrected chi connectivity index (χ4v) is 5.98. The lowest BCUT2D eigenvalue weighted by molar-refractivity contribution is -0.139. The zero-order valence-corrected chi connectivity index (χ0v) is 18.0. The fourth-order valence-electron chi connectivity index (χ4n) is 5.98. The number of fused-ring (bicyclic) bond motifs is 2. The predicted octanol–water partition coefficient (Wildman–Crippen LogP) is 3.41. The molecule has 5 nitrogen and oxygen atoms in total. The highest BCUT2D eigenvalue weighted by Crippen LogP contribution is 2.34. The second kappa shape index (κ2) is 10.3. The van der Waals surface area contributed by atoms with Crippen molar-refractivity contribution < 1.29 is 9.59 Å². The third kappa shape index (κ3) is 5.21. The van der Waals surface area contributed by atoms with Crippen LogP contribution in [0.2, 0.25) is 0 Å². The lowest BCUT2D eigenvalue weighted by Crippen LogP contribution is -2.47. The largest absolute Gasteiger partial charge is 0.353 e. The monoisotopic (exact) mass is 411 g/mol. The highest BCUT2D eigenvalue weighted by Gasteiger charge is 2.41. The number of carbonyl (C=O) groups excluding carboxylic acids is 2. The second-order valence-electron chi connectivity index (χ2n) is 9.45. The van der Waals surface area contributed by atoms with Gasteiger partial charge in [-0.3, -0.25) is 9.59 Å². The lowest BCUT2D eigenvalue weighted by Gasteiger charge is -2.35. The molecule has 0 aromatic heterocycles. The summed E-state index contributed by atoms with van der Waals surface area (Å²) in [6, 6.07) is 1.16. The maximum atomic E-state index is 13.2. The Morgan fingerprint density at radius 1 is 0.857 bits per heavy atom. The van der Waals surface area contributed by atoms with E-state index in [1.165, 1.54) is 38.5 Å². The van der Waals surface area contributed by atoms with Gasteiger partial charge in [-0.25, -0.2) is 0 Å². The van der Waals surface area contributed by atoms with Crippen molar-refractivity contribution in [2.45, 2.75) is 102 Å². The van der Waals surface area contributed by atoms with Gasteiger partial charge in [-0.05, 0) is 70.3 Å². The predicted molar refractivity (Wildman–Crippen MR) is 113 cm³/mol. The molecule has 0 aromatic rings. The molecule has 6 heteroatoms. The maximum Gasteiger partial charge on any atom is 0.226 e. The molecular weight excluding hydrogens is 374 g/mol. The van der Waals surface area contributed by atoms with Crippen LogP contribution in [0.15, 0.2) is 0 Å². The third-order valence-corrected chi connectivity index (χ3v) is 7.55. The highest BCUT2D eigenvalue weighted by atomic mass is 35.5. The third-order valence-electron chi connectivity index (χ3n) is 7.55. The Labute approximate surface area is 176 Å². The Morgan fingerprint density at radius 3 is 2.32 bits per heavy atom. The molecule has 2 aliphatic carbocycles. The molecule has 0 aromatic carbocycles. The quantitative estimate of drug-likeness (QED) is 0.745. The topological polar surface area (TPSA) is 61.4 Å². The Morgan fingerprint density at radius 2 is 1.57 bits per heavy atom. The number of carbonyl (C=O) groups is 2. The zero-order chi connectivity index (χ0) is 18.6. The van der Waals surface area contributed by atoms with Crippen LogP contribution in [-0.2, 0) is 9.59 Å². The average Bonchev–Trinajstić information content (AvgIpc) is 2.95. The van der Waals surface area contributed by atoms with Crippen LogP contribution in [0.25, 0.3) is 0 Å². The second-order valence-corrected chi connectivity index (χ2v) is 9.45. The molecule has 0 spiro atoms. The van der Waals surface area contributed by atoms with Crippen LogP contribution < -0.4 is 10.6 Å². The van der Waals surface area contributed by atoms with Gasteiger partial charge in [0, 0.05) is 37.0 Å². The van der Waals surface area contributed by atoms with Crippen LogP contribution in [0, 0.1) is 11.8 Å². The van der Waals surface area contributed by atoms with E-state index < -0.39 is 0 Å². The number of rotatable bonds is 4. The van der Waals surface area contributed by atoms with Gasteiger partial charge in [-0.15, -0.1) is 12.4 Å². The summed E-state index contributed by atoms with van der Waals surface area (Å²) in [4.78, 5) is 27.8. The number of amides is 2. The summed E-state index contributed by atoms with van der Waals surface area (Å²) < 4.78 is 0. The number of halogens is 1. The van der Waals surface area contributed by atoms with Crippen LogP contribution in [0.1, 0.15) is 83.5 Å². The molecule has 2 aliphatic heterocycles. The zero-order valence-electron chi connectivity index (χ0n) is 17.2. The van der Waals surface area contributed by atoms with Crippen LogP contribution in [0.4, 0.5) is 0 Å². The van der Waals surface area contributed by atoms with E-state index >= 15 is 0 Å². The number of hydrogen-bond donors (Lipinski definition) is 2. The first-order valence-electron chi connectivity index (χ1n) is 11.5. The summed E-state index contributed by atoms with van der Waals surface area (Å²) in [7, 11) is 0. The van der Waals surface area contributed by atoms with Crippen LogP contribution in [0.5, 0.6) is 0 Å². The summed E-state index contributed by atoms with van der Waals surface area (Å²) in [5.74, 6) is 1.42. The fraction of sp³-hybridized carbons (Fsp3) is 0.909. The first kappa shape index (κ1) is 21.9. The Hall–Kier alpha value is -0.810. The molecule has 2 saturated heterocycles. The number of nitrogens with zero attached hydrogens (tertiary/aromatic N) is 1. The van der Waals surface area contributed by atoms with E-state index in [0.717, 1.165) is 51.6 Å². The summed E-state index contributed by atoms with van der Waals surface area (Å²) in [5, 5.41) is 6.76.